The summed E-state index contributed by atoms with van der Waals surface area (Å²) >= 11 is 0. The summed E-state index contributed by atoms with van der Waals surface area (Å²) in [5, 5.41) is 3.12. The SMILES string of the molecule is COC(=O)CCNC(=O)CCn1cnc2ccccc2c1=O. The van der Waals surface area contributed by atoms with Gasteiger partial charge in [-0.25, -0.2) is 4.98 Å². The molecule has 0 atom stereocenters. The van der Waals surface area contributed by atoms with E-state index in [0.717, 1.165) is 0 Å². The fourth-order valence-electron chi connectivity index (χ4n) is 1.98. The summed E-state index contributed by atoms with van der Waals surface area (Å²) in [7, 11) is 1.29. The second-order valence-electron chi connectivity index (χ2n) is 4.69. The molecule has 22 heavy (non-hydrogen) atoms. The van der Waals surface area contributed by atoms with Gasteiger partial charge in [0, 0.05) is 19.5 Å². The summed E-state index contributed by atoms with van der Waals surface area (Å²) in [4.78, 5) is 39.0. The quantitative estimate of drug-likeness (QED) is 0.783. The van der Waals surface area contributed by atoms with Gasteiger partial charge in [0.25, 0.3) is 5.56 Å². The molecule has 7 heteroatoms. The minimum Gasteiger partial charge on any atom is -0.469 e. The van der Waals surface area contributed by atoms with Crippen LogP contribution in [0.25, 0.3) is 10.9 Å². The molecule has 1 N–H and O–H groups in total. The molecule has 1 aromatic carbocycles. The number of methoxy groups -OCH3 is 1. The largest absolute Gasteiger partial charge is 0.469 e. The molecular formula is C15H17N3O4. The van der Waals surface area contributed by atoms with Crippen molar-refractivity contribution in [3.63, 3.8) is 0 Å². The van der Waals surface area contributed by atoms with E-state index < -0.39 is 0 Å². The molecule has 0 spiro atoms. The Kier molecular flexibility index (Phi) is 5.24. The zero-order chi connectivity index (χ0) is 15.9. The molecule has 1 aromatic heterocycles. The summed E-state index contributed by atoms with van der Waals surface area (Å²) in [5.74, 6) is -0.612. The van der Waals surface area contributed by atoms with Crippen molar-refractivity contribution in [1.29, 1.82) is 0 Å². The summed E-state index contributed by atoms with van der Waals surface area (Å²) in [5.41, 5.74) is 0.458. The van der Waals surface area contributed by atoms with Crippen LogP contribution in [0.15, 0.2) is 35.4 Å². The van der Waals surface area contributed by atoms with Gasteiger partial charge in [0.1, 0.15) is 0 Å². The lowest BCUT2D eigenvalue weighted by Gasteiger charge is -2.07. The standard InChI is InChI=1S/C15H17N3O4/c1-22-14(20)6-8-16-13(19)7-9-18-10-17-12-5-3-2-4-11(12)15(18)21/h2-5,10H,6-9H2,1H3,(H,16,19). The molecule has 1 heterocycles. The Balaban J connectivity index is 1.92. The highest BCUT2D eigenvalue weighted by molar-refractivity contribution is 5.78. The Morgan fingerprint density at radius 3 is 2.82 bits per heavy atom. The number of nitrogens with one attached hydrogen (secondary N) is 1. The van der Waals surface area contributed by atoms with Gasteiger partial charge in [-0.1, -0.05) is 12.1 Å². The number of aryl methyl sites for hydroxylation is 1. The maximum atomic E-state index is 12.2. The minimum atomic E-state index is -0.379. The smallest absolute Gasteiger partial charge is 0.307 e. The number of rotatable bonds is 6. The first-order chi connectivity index (χ1) is 10.6. The van der Waals surface area contributed by atoms with E-state index in [1.165, 1.54) is 18.0 Å². The number of para-hydroxylation sites is 1. The highest BCUT2D eigenvalue weighted by atomic mass is 16.5. The van der Waals surface area contributed by atoms with Crippen LogP contribution in [0.5, 0.6) is 0 Å². The van der Waals surface area contributed by atoms with Gasteiger partial charge in [-0.05, 0) is 12.1 Å². The second-order valence-corrected chi connectivity index (χ2v) is 4.69. The monoisotopic (exact) mass is 303 g/mol. The zero-order valence-corrected chi connectivity index (χ0v) is 12.2. The predicted octanol–water partition coefficient (Wildman–Crippen LogP) is 0.466. The van der Waals surface area contributed by atoms with Crippen molar-refractivity contribution in [2.75, 3.05) is 13.7 Å². The van der Waals surface area contributed by atoms with Gasteiger partial charge in [-0.2, -0.15) is 0 Å². The molecular weight excluding hydrogens is 286 g/mol. The van der Waals surface area contributed by atoms with E-state index in [1.54, 1.807) is 18.2 Å². The molecule has 0 unspecified atom stereocenters. The molecule has 0 saturated heterocycles. The van der Waals surface area contributed by atoms with Gasteiger partial charge >= 0.3 is 5.97 Å². The van der Waals surface area contributed by atoms with Crippen molar-refractivity contribution in [1.82, 2.24) is 14.9 Å². The van der Waals surface area contributed by atoms with Crippen molar-refractivity contribution in [2.45, 2.75) is 19.4 Å². The lowest BCUT2D eigenvalue weighted by molar-refractivity contribution is -0.140. The number of carbonyl (C=O) groups excluding carboxylic acids is 2. The molecule has 0 aliphatic carbocycles. The zero-order valence-electron chi connectivity index (χ0n) is 12.2. The molecule has 2 rings (SSSR count). The van der Waals surface area contributed by atoms with E-state index in [9.17, 15) is 14.4 Å². The minimum absolute atomic E-state index is 0.125. The van der Waals surface area contributed by atoms with E-state index in [-0.39, 0.29) is 43.4 Å². The fraction of sp³-hybridized carbons (Fsp3) is 0.333. The predicted molar refractivity (Wildman–Crippen MR) is 80.3 cm³/mol. The molecule has 0 fully saturated rings. The number of aromatic nitrogens is 2. The van der Waals surface area contributed by atoms with Crippen LogP contribution in [0.4, 0.5) is 0 Å². The van der Waals surface area contributed by atoms with E-state index in [0.29, 0.717) is 10.9 Å². The third-order valence-corrected chi connectivity index (χ3v) is 3.19. The number of hydrogen-bond donors (Lipinski definition) is 1. The first-order valence-electron chi connectivity index (χ1n) is 6.89. The fourth-order valence-corrected chi connectivity index (χ4v) is 1.98. The molecule has 0 bridgehead atoms. The van der Waals surface area contributed by atoms with Gasteiger partial charge in [-0.3, -0.25) is 19.0 Å². The molecule has 2 aromatic rings. The Bertz CT molecular complexity index is 739. The summed E-state index contributed by atoms with van der Waals surface area (Å²) in [6.07, 6.45) is 1.70. The first kappa shape index (κ1) is 15.7. The van der Waals surface area contributed by atoms with Gasteiger partial charge in [0.05, 0.1) is 30.8 Å². The summed E-state index contributed by atoms with van der Waals surface area (Å²) < 4.78 is 5.88. The number of ether oxygens (including phenoxy) is 1. The van der Waals surface area contributed by atoms with E-state index >= 15 is 0 Å². The van der Waals surface area contributed by atoms with Crippen molar-refractivity contribution in [2.24, 2.45) is 0 Å². The molecule has 0 radical (unpaired) electrons. The number of hydrogen-bond acceptors (Lipinski definition) is 5. The number of nitrogens with zero attached hydrogens (tertiary/aromatic N) is 2. The number of amides is 1. The molecule has 116 valence electrons. The highest BCUT2D eigenvalue weighted by Crippen LogP contribution is 2.04. The van der Waals surface area contributed by atoms with Crippen LogP contribution >= 0.6 is 0 Å². The van der Waals surface area contributed by atoms with E-state index in [1.807, 2.05) is 6.07 Å². The lowest BCUT2D eigenvalue weighted by Crippen LogP contribution is -2.29. The average Bonchev–Trinajstić information content (AvgIpc) is 2.54. The van der Waals surface area contributed by atoms with Crippen molar-refractivity contribution >= 4 is 22.8 Å². The van der Waals surface area contributed by atoms with Gasteiger partial charge < -0.3 is 10.1 Å². The molecule has 0 aliphatic heterocycles. The second kappa shape index (κ2) is 7.35. The maximum Gasteiger partial charge on any atom is 0.307 e. The van der Waals surface area contributed by atoms with Crippen LogP contribution in [0, 0.1) is 0 Å². The lowest BCUT2D eigenvalue weighted by atomic mass is 10.2. The Labute approximate surface area is 126 Å². The van der Waals surface area contributed by atoms with Gasteiger partial charge in [-0.15, -0.1) is 0 Å². The summed E-state index contributed by atoms with van der Waals surface area (Å²) in [6, 6.07) is 7.06. The number of fused-ring (bicyclic) bond motifs is 1. The Hall–Kier alpha value is -2.70. The third kappa shape index (κ3) is 3.91. The van der Waals surface area contributed by atoms with Crippen LogP contribution in [0.2, 0.25) is 0 Å². The molecule has 0 saturated carbocycles. The first-order valence-corrected chi connectivity index (χ1v) is 6.89. The van der Waals surface area contributed by atoms with Crippen LogP contribution in [-0.2, 0) is 20.9 Å². The molecule has 7 nitrogen and oxygen atoms in total. The summed E-state index contributed by atoms with van der Waals surface area (Å²) in [6.45, 7) is 0.455. The van der Waals surface area contributed by atoms with E-state index in [4.69, 9.17) is 0 Å². The van der Waals surface area contributed by atoms with Gasteiger partial charge in [0.15, 0.2) is 0 Å². The van der Waals surface area contributed by atoms with E-state index in [2.05, 4.69) is 15.0 Å². The van der Waals surface area contributed by atoms with Crippen LogP contribution in [0.1, 0.15) is 12.8 Å². The molecule has 0 aliphatic rings. The molecule has 1 amide bonds. The van der Waals surface area contributed by atoms with Crippen molar-refractivity contribution in [3.05, 3.63) is 40.9 Å². The Morgan fingerprint density at radius 2 is 2.05 bits per heavy atom. The number of carbonyl (C=O) groups is 2. The maximum absolute atomic E-state index is 12.2. The highest BCUT2D eigenvalue weighted by Gasteiger charge is 2.07. The Morgan fingerprint density at radius 1 is 1.27 bits per heavy atom. The third-order valence-electron chi connectivity index (χ3n) is 3.19. The normalized spacial score (nSPS) is 10.4. The van der Waals surface area contributed by atoms with Crippen LogP contribution in [-0.4, -0.2) is 35.1 Å². The number of esters is 1. The average molecular weight is 303 g/mol. The topological polar surface area (TPSA) is 90.3 Å². The van der Waals surface area contributed by atoms with Crippen molar-refractivity contribution < 1.29 is 14.3 Å². The number of benzene rings is 1. The van der Waals surface area contributed by atoms with Crippen molar-refractivity contribution in [3.8, 4) is 0 Å². The van der Waals surface area contributed by atoms with Crippen LogP contribution in [0.3, 0.4) is 0 Å². The van der Waals surface area contributed by atoms with Gasteiger partial charge in [0.2, 0.25) is 5.91 Å². The van der Waals surface area contributed by atoms with Crippen LogP contribution < -0.4 is 10.9 Å².